The van der Waals surface area contributed by atoms with E-state index in [4.69, 9.17) is 9.47 Å². The lowest BCUT2D eigenvalue weighted by atomic mass is 9.89. The third kappa shape index (κ3) is 3.43. The van der Waals surface area contributed by atoms with Crippen molar-refractivity contribution < 1.29 is 33.4 Å². The molecule has 3 aliphatic heterocycles. The second-order valence-electron chi connectivity index (χ2n) is 8.13. The van der Waals surface area contributed by atoms with E-state index < -0.39 is 29.7 Å². The number of urea groups is 1. The normalized spacial score (nSPS) is 22.5. The molecule has 1 aromatic carbocycles. The number of hydrogen-bond acceptors (Lipinski definition) is 8. The van der Waals surface area contributed by atoms with Crippen LogP contribution in [-0.4, -0.2) is 66.2 Å². The van der Waals surface area contributed by atoms with Crippen LogP contribution in [0.3, 0.4) is 0 Å². The third-order valence-corrected chi connectivity index (χ3v) is 6.15. The number of nitrogens with zero attached hydrogens (tertiary/aromatic N) is 2. The first-order valence-corrected chi connectivity index (χ1v) is 10.4. The van der Waals surface area contributed by atoms with Crippen LogP contribution in [0.4, 0.5) is 15.4 Å². The Kier molecular flexibility index (Phi) is 5.00. The predicted molar refractivity (Wildman–Crippen MR) is 116 cm³/mol. The molecule has 0 aliphatic carbocycles. The zero-order valence-electron chi connectivity index (χ0n) is 18.3. The highest BCUT2D eigenvalue weighted by atomic mass is 16.5. The standard InChI is InChI=1S/C22H21N5O7/c1-32-12-4-3-11-9-27(18(28)13(11)7-12)10-22(19(29)25-20(30)26-22)16-8-14-15(34-16)5-6-17(23-14)24-21(31)33-2/h3-7,16H,8-10H2,1-2H3,(H,23,24,31)(H2,25,26,29,30). The number of nitrogens with one attached hydrogen (secondary N) is 3. The van der Waals surface area contributed by atoms with E-state index >= 15 is 0 Å². The Hall–Kier alpha value is -4.35. The molecule has 12 nitrogen and oxygen atoms in total. The van der Waals surface area contributed by atoms with Crippen LogP contribution in [0.2, 0.25) is 0 Å². The van der Waals surface area contributed by atoms with Crippen LogP contribution in [0, 0.1) is 0 Å². The predicted octanol–water partition coefficient (Wildman–Crippen LogP) is 0.806. The largest absolute Gasteiger partial charge is 0.497 e. The van der Waals surface area contributed by atoms with Crippen molar-refractivity contribution in [3.05, 3.63) is 47.2 Å². The number of rotatable bonds is 5. The van der Waals surface area contributed by atoms with Crippen LogP contribution in [0.1, 0.15) is 21.6 Å². The van der Waals surface area contributed by atoms with Gasteiger partial charge in [0, 0.05) is 18.5 Å². The number of anilines is 1. The molecule has 1 aromatic heterocycles. The van der Waals surface area contributed by atoms with Crippen molar-refractivity contribution >= 4 is 29.8 Å². The van der Waals surface area contributed by atoms with Crippen molar-refractivity contribution in [3.63, 3.8) is 0 Å². The number of pyridine rings is 1. The number of hydrogen-bond donors (Lipinski definition) is 3. The van der Waals surface area contributed by atoms with E-state index in [1.807, 2.05) is 0 Å². The molecule has 12 heteroatoms. The molecular weight excluding hydrogens is 446 g/mol. The first kappa shape index (κ1) is 21.5. The summed E-state index contributed by atoms with van der Waals surface area (Å²) >= 11 is 0. The molecule has 0 saturated carbocycles. The summed E-state index contributed by atoms with van der Waals surface area (Å²) in [6, 6.07) is 7.69. The van der Waals surface area contributed by atoms with Crippen LogP contribution in [-0.2, 0) is 22.5 Å². The minimum Gasteiger partial charge on any atom is -0.497 e. The van der Waals surface area contributed by atoms with E-state index in [2.05, 4.69) is 25.7 Å². The number of amides is 5. The Labute approximate surface area is 193 Å². The maximum atomic E-state index is 13.1. The van der Waals surface area contributed by atoms with E-state index in [0.29, 0.717) is 22.8 Å². The van der Waals surface area contributed by atoms with Gasteiger partial charge in [-0.1, -0.05) is 6.07 Å². The average molecular weight is 467 g/mol. The topological polar surface area (TPSA) is 148 Å². The van der Waals surface area contributed by atoms with Gasteiger partial charge >= 0.3 is 12.1 Å². The van der Waals surface area contributed by atoms with Gasteiger partial charge in [-0.25, -0.2) is 14.6 Å². The highest BCUT2D eigenvalue weighted by Gasteiger charge is 2.57. The molecule has 2 aromatic rings. The Bertz CT molecular complexity index is 1230. The first-order chi connectivity index (χ1) is 16.3. The van der Waals surface area contributed by atoms with Crippen LogP contribution in [0.15, 0.2) is 30.3 Å². The van der Waals surface area contributed by atoms with Crippen molar-refractivity contribution in [2.24, 2.45) is 0 Å². The zero-order chi connectivity index (χ0) is 24.0. The molecule has 2 atom stereocenters. The van der Waals surface area contributed by atoms with Gasteiger partial charge in [0.05, 0.1) is 26.5 Å². The second-order valence-corrected chi connectivity index (χ2v) is 8.13. The Balaban J connectivity index is 1.41. The van der Waals surface area contributed by atoms with Gasteiger partial charge in [-0.05, 0) is 29.8 Å². The van der Waals surface area contributed by atoms with Gasteiger partial charge in [0.15, 0.2) is 5.54 Å². The highest BCUT2D eigenvalue weighted by Crippen LogP contribution is 2.36. The Morgan fingerprint density at radius 2 is 2.09 bits per heavy atom. The van der Waals surface area contributed by atoms with Crippen molar-refractivity contribution in [3.8, 4) is 11.5 Å². The third-order valence-electron chi connectivity index (χ3n) is 6.15. The van der Waals surface area contributed by atoms with Gasteiger partial charge in [-0.2, -0.15) is 0 Å². The van der Waals surface area contributed by atoms with Crippen LogP contribution < -0.4 is 25.4 Å². The monoisotopic (exact) mass is 467 g/mol. The highest BCUT2D eigenvalue weighted by molar-refractivity contribution is 6.08. The molecule has 1 fully saturated rings. The summed E-state index contributed by atoms with van der Waals surface area (Å²) in [5, 5.41) is 7.42. The molecular formula is C22H21N5O7. The van der Waals surface area contributed by atoms with Crippen LogP contribution >= 0.6 is 0 Å². The van der Waals surface area contributed by atoms with E-state index in [1.165, 1.54) is 25.2 Å². The molecule has 4 heterocycles. The molecule has 0 spiro atoms. The summed E-state index contributed by atoms with van der Waals surface area (Å²) in [7, 11) is 2.75. The average Bonchev–Trinajstić information content (AvgIpc) is 3.47. The van der Waals surface area contributed by atoms with Crippen molar-refractivity contribution in [2.75, 3.05) is 26.1 Å². The molecule has 5 amide bonds. The van der Waals surface area contributed by atoms with E-state index in [-0.39, 0.29) is 31.2 Å². The van der Waals surface area contributed by atoms with Crippen molar-refractivity contribution in [2.45, 2.75) is 24.6 Å². The number of imide groups is 1. The number of ether oxygens (including phenoxy) is 3. The number of carbonyl (C=O) groups is 4. The summed E-state index contributed by atoms with van der Waals surface area (Å²) in [6.45, 7) is 0.167. The Morgan fingerprint density at radius 3 is 2.79 bits per heavy atom. The van der Waals surface area contributed by atoms with Gasteiger partial charge in [0.25, 0.3) is 11.8 Å². The molecule has 0 radical (unpaired) electrons. The molecule has 0 bridgehead atoms. The second kappa shape index (κ2) is 7.90. The number of fused-ring (bicyclic) bond motifs is 2. The van der Waals surface area contributed by atoms with Crippen LogP contribution in [0.25, 0.3) is 0 Å². The van der Waals surface area contributed by atoms with Gasteiger partial charge in [0.2, 0.25) is 0 Å². The number of carbonyl (C=O) groups excluding carboxylic acids is 4. The SMILES string of the molecule is COC(=O)Nc1ccc2c(n1)CC(C1(CN3Cc4ccc(OC)cc4C3=O)NC(=O)NC1=O)O2. The molecule has 176 valence electrons. The summed E-state index contributed by atoms with van der Waals surface area (Å²) in [5.74, 6) is 0.343. The maximum Gasteiger partial charge on any atom is 0.412 e. The number of aromatic nitrogens is 1. The fourth-order valence-electron chi connectivity index (χ4n) is 4.45. The first-order valence-electron chi connectivity index (χ1n) is 10.4. The van der Waals surface area contributed by atoms with Gasteiger partial charge in [-0.15, -0.1) is 0 Å². The number of benzene rings is 1. The quantitative estimate of drug-likeness (QED) is 0.547. The Morgan fingerprint density at radius 1 is 1.26 bits per heavy atom. The fraction of sp³-hybridized carbons (Fsp3) is 0.318. The molecule has 1 saturated heterocycles. The number of methoxy groups -OCH3 is 2. The smallest absolute Gasteiger partial charge is 0.412 e. The lowest BCUT2D eigenvalue weighted by molar-refractivity contribution is -0.127. The van der Waals surface area contributed by atoms with Crippen LogP contribution in [0.5, 0.6) is 11.5 Å². The summed E-state index contributed by atoms with van der Waals surface area (Å²) in [6.07, 6.45) is -1.34. The van der Waals surface area contributed by atoms with E-state index in [9.17, 15) is 19.2 Å². The summed E-state index contributed by atoms with van der Waals surface area (Å²) in [4.78, 5) is 55.7. The van der Waals surface area contributed by atoms with E-state index in [0.717, 1.165) is 5.56 Å². The lowest BCUT2D eigenvalue weighted by Gasteiger charge is -2.34. The van der Waals surface area contributed by atoms with Crippen molar-refractivity contribution in [1.82, 2.24) is 20.5 Å². The van der Waals surface area contributed by atoms with Gasteiger partial charge < -0.3 is 24.4 Å². The van der Waals surface area contributed by atoms with E-state index in [1.54, 1.807) is 24.3 Å². The molecule has 3 N–H and O–H groups in total. The molecule has 34 heavy (non-hydrogen) atoms. The molecule has 2 unspecified atom stereocenters. The summed E-state index contributed by atoms with van der Waals surface area (Å²) in [5.41, 5.74) is 0.236. The maximum absolute atomic E-state index is 13.1. The minimum atomic E-state index is -1.53. The summed E-state index contributed by atoms with van der Waals surface area (Å²) < 4.78 is 15.8. The van der Waals surface area contributed by atoms with Gasteiger partial charge in [-0.3, -0.25) is 20.2 Å². The molecule has 3 aliphatic rings. The zero-order valence-corrected chi connectivity index (χ0v) is 18.3. The molecule has 5 rings (SSSR count). The van der Waals surface area contributed by atoms with Gasteiger partial charge in [0.1, 0.15) is 23.4 Å². The minimum absolute atomic E-state index is 0.105. The fourth-order valence-corrected chi connectivity index (χ4v) is 4.45. The van der Waals surface area contributed by atoms with Crippen molar-refractivity contribution in [1.29, 1.82) is 0 Å². The lowest BCUT2D eigenvalue weighted by Crippen LogP contribution is -2.64.